The van der Waals surface area contributed by atoms with Crippen molar-refractivity contribution >= 4 is 6.29 Å². The van der Waals surface area contributed by atoms with Crippen LogP contribution in [0, 0.1) is 6.92 Å². The van der Waals surface area contributed by atoms with E-state index in [0.29, 0.717) is 5.69 Å². The standard InChI is InChI=1S/C18H17N3O/c1-13-8-6-7-11-16(13)18-17(12-22)19-20-21(18)14(2)15-9-4-3-5-10-15/h3-12,14H,1-2H3. The third kappa shape index (κ3) is 2.44. The number of carbonyl (C=O) groups excluding carboxylic acids is 1. The van der Waals surface area contributed by atoms with Crippen LogP contribution < -0.4 is 0 Å². The second kappa shape index (κ2) is 5.93. The summed E-state index contributed by atoms with van der Waals surface area (Å²) >= 11 is 0. The van der Waals surface area contributed by atoms with Crippen LogP contribution in [0.5, 0.6) is 0 Å². The van der Waals surface area contributed by atoms with Gasteiger partial charge in [0, 0.05) is 5.56 Å². The van der Waals surface area contributed by atoms with Gasteiger partial charge in [0.15, 0.2) is 12.0 Å². The van der Waals surface area contributed by atoms with E-state index in [4.69, 9.17) is 0 Å². The van der Waals surface area contributed by atoms with Crippen LogP contribution in [-0.2, 0) is 0 Å². The summed E-state index contributed by atoms with van der Waals surface area (Å²) in [5.74, 6) is 0. The molecule has 22 heavy (non-hydrogen) atoms. The SMILES string of the molecule is Cc1ccccc1-c1c(C=O)nnn1C(C)c1ccccc1. The molecule has 0 amide bonds. The van der Waals surface area contributed by atoms with Crippen molar-refractivity contribution in [2.75, 3.05) is 0 Å². The molecule has 2 aromatic carbocycles. The van der Waals surface area contributed by atoms with Gasteiger partial charge < -0.3 is 0 Å². The lowest BCUT2D eigenvalue weighted by atomic mass is 10.0. The maximum atomic E-state index is 11.4. The highest BCUT2D eigenvalue weighted by atomic mass is 16.1. The number of rotatable bonds is 4. The molecule has 0 aliphatic heterocycles. The zero-order valence-corrected chi connectivity index (χ0v) is 12.6. The van der Waals surface area contributed by atoms with Gasteiger partial charge in [-0.2, -0.15) is 0 Å². The van der Waals surface area contributed by atoms with Crippen LogP contribution in [-0.4, -0.2) is 21.3 Å². The van der Waals surface area contributed by atoms with Crippen molar-refractivity contribution < 1.29 is 4.79 Å². The Balaban J connectivity index is 2.16. The summed E-state index contributed by atoms with van der Waals surface area (Å²) in [7, 11) is 0. The van der Waals surface area contributed by atoms with E-state index in [1.807, 2.05) is 54.1 Å². The maximum Gasteiger partial charge on any atom is 0.172 e. The van der Waals surface area contributed by atoms with Crippen LogP contribution in [0.2, 0.25) is 0 Å². The van der Waals surface area contributed by atoms with E-state index in [2.05, 4.69) is 29.4 Å². The Morgan fingerprint density at radius 1 is 1.05 bits per heavy atom. The molecule has 1 aromatic heterocycles. The minimum atomic E-state index is -0.00277. The van der Waals surface area contributed by atoms with Crippen molar-refractivity contribution in [1.82, 2.24) is 15.0 Å². The molecule has 0 bridgehead atoms. The Kier molecular flexibility index (Phi) is 3.83. The molecule has 0 saturated carbocycles. The normalized spacial score (nSPS) is 12.1. The third-order valence-corrected chi connectivity index (χ3v) is 3.88. The number of carbonyl (C=O) groups is 1. The summed E-state index contributed by atoms with van der Waals surface area (Å²) in [5.41, 5.74) is 4.34. The van der Waals surface area contributed by atoms with E-state index >= 15 is 0 Å². The number of aryl methyl sites for hydroxylation is 1. The summed E-state index contributed by atoms with van der Waals surface area (Å²) in [6.45, 7) is 4.08. The Morgan fingerprint density at radius 3 is 2.41 bits per heavy atom. The summed E-state index contributed by atoms with van der Waals surface area (Å²) in [6, 6.07) is 18.0. The molecule has 1 unspecified atom stereocenters. The highest BCUT2D eigenvalue weighted by molar-refractivity contribution is 5.84. The van der Waals surface area contributed by atoms with Gasteiger partial charge in [0.1, 0.15) is 5.69 Å². The number of aromatic nitrogens is 3. The molecule has 110 valence electrons. The molecular weight excluding hydrogens is 274 g/mol. The average molecular weight is 291 g/mol. The Morgan fingerprint density at radius 2 is 1.73 bits per heavy atom. The maximum absolute atomic E-state index is 11.4. The van der Waals surface area contributed by atoms with Crippen molar-refractivity contribution in [1.29, 1.82) is 0 Å². The van der Waals surface area contributed by atoms with Gasteiger partial charge in [-0.05, 0) is 25.0 Å². The molecule has 3 rings (SSSR count). The van der Waals surface area contributed by atoms with E-state index in [-0.39, 0.29) is 6.04 Å². The van der Waals surface area contributed by atoms with Crippen LogP contribution in [0.4, 0.5) is 0 Å². The number of aldehydes is 1. The molecule has 4 nitrogen and oxygen atoms in total. The first-order valence-electron chi connectivity index (χ1n) is 7.23. The van der Waals surface area contributed by atoms with Crippen LogP contribution in [0.3, 0.4) is 0 Å². The fraction of sp³-hybridized carbons (Fsp3) is 0.167. The smallest absolute Gasteiger partial charge is 0.172 e. The Bertz CT molecular complexity index is 793. The minimum Gasteiger partial charge on any atom is -0.296 e. The van der Waals surface area contributed by atoms with Gasteiger partial charge in [-0.15, -0.1) is 5.10 Å². The number of hydrogen-bond acceptors (Lipinski definition) is 3. The average Bonchev–Trinajstić information content (AvgIpc) is 2.99. The molecule has 0 saturated heterocycles. The number of benzene rings is 2. The third-order valence-electron chi connectivity index (χ3n) is 3.88. The monoisotopic (exact) mass is 291 g/mol. The molecule has 0 N–H and O–H groups in total. The topological polar surface area (TPSA) is 47.8 Å². The number of nitrogens with zero attached hydrogens (tertiary/aromatic N) is 3. The predicted octanol–water partition coefficient (Wildman–Crippen LogP) is 3.68. The molecule has 0 radical (unpaired) electrons. The van der Waals surface area contributed by atoms with E-state index in [9.17, 15) is 4.79 Å². The highest BCUT2D eigenvalue weighted by Gasteiger charge is 2.20. The first kappa shape index (κ1) is 14.2. The van der Waals surface area contributed by atoms with Crippen molar-refractivity contribution in [3.05, 3.63) is 71.4 Å². The molecule has 4 heteroatoms. The molecule has 3 aromatic rings. The van der Waals surface area contributed by atoms with Gasteiger partial charge in [-0.25, -0.2) is 4.68 Å². The van der Waals surface area contributed by atoms with Gasteiger partial charge in [0.05, 0.1) is 6.04 Å². The van der Waals surface area contributed by atoms with Crippen molar-refractivity contribution in [3.8, 4) is 11.3 Å². The van der Waals surface area contributed by atoms with Gasteiger partial charge in [0.2, 0.25) is 0 Å². The summed E-state index contributed by atoms with van der Waals surface area (Å²) in [6.07, 6.45) is 0.767. The van der Waals surface area contributed by atoms with E-state index in [0.717, 1.165) is 28.7 Å². The second-order valence-electron chi connectivity index (χ2n) is 5.29. The fourth-order valence-electron chi connectivity index (χ4n) is 2.63. The molecule has 1 atom stereocenters. The van der Waals surface area contributed by atoms with Gasteiger partial charge in [0.25, 0.3) is 0 Å². The molecule has 0 aliphatic rings. The van der Waals surface area contributed by atoms with Crippen LogP contribution >= 0.6 is 0 Å². The van der Waals surface area contributed by atoms with E-state index < -0.39 is 0 Å². The summed E-state index contributed by atoms with van der Waals surface area (Å²) in [5, 5.41) is 8.26. The number of hydrogen-bond donors (Lipinski definition) is 0. The van der Waals surface area contributed by atoms with Crippen LogP contribution in [0.15, 0.2) is 54.6 Å². The van der Waals surface area contributed by atoms with Crippen molar-refractivity contribution in [3.63, 3.8) is 0 Å². The van der Waals surface area contributed by atoms with E-state index in [1.165, 1.54) is 0 Å². The largest absolute Gasteiger partial charge is 0.296 e. The van der Waals surface area contributed by atoms with Gasteiger partial charge in [-0.1, -0.05) is 59.8 Å². The van der Waals surface area contributed by atoms with Gasteiger partial charge >= 0.3 is 0 Å². The molecule has 0 aliphatic carbocycles. The fourth-order valence-corrected chi connectivity index (χ4v) is 2.63. The molecular formula is C18H17N3O. The Hall–Kier alpha value is -2.75. The lowest BCUT2D eigenvalue weighted by molar-refractivity contribution is 0.111. The van der Waals surface area contributed by atoms with Crippen molar-refractivity contribution in [2.45, 2.75) is 19.9 Å². The highest BCUT2D eigenvalue weighted by Crippen LogP contribution is 2.29. The molecule has 0 spiro atoms. The lowest BCUT2D eigenvalue weighted by Crippen LogP contribution is -2.11. The zero-order chi connectivity index (χ0) is 15.5. The van der Waals surface area contributed by atoms with Crippen LogP contribution in [0.1, 0.15) is 34.6 Å². The molecule has 0 fully saturated rings. The summed E-state index contributed by atoms with van der Waals surface area (Å²) in [4.78, 5) is 11.4. The van der Waals surface area contributed by atoms with Crippen LogP contribution in [0.25, 0.3) is 11.3 Å². The Labute approximate surface area is 129 Å². The quantitative estimate of drug-likeness (QED) is 0.689. The first-order chi connectivity index (χ1) is 10.7. The summed E-state index contributed by atoms with van der Waals surface area (Å²) < 4.78 is 1.82. The molecule has 1 heterocycles. The second-order valence-corrected chi connectivity index (χ2v) is 5.29. The minimum absolute atomic E-state index is 0.00277. The first-order valence-corrected chi connectivity index (χ1v) is 7.23. The van der Waals surface area contributed by atoms with E-state index in [1.54, 1.807) is 0 Å². The van der Waals surface area contributed by atoms with Gasteiger partial charge in [-0.3, -0.25) is 4.79 Å². The van der Waals surface area contributed by atoms with Crippen molar-refractivity contribution in [2.24, 2.45) is 0 Å². The predicted molar refractivity (Wildman–Crippen MR) is 85.8 cm³/mol. The zero-order valence-electron chi connectivity index (χ0n) is 12.6. The lowest BCUT2D eigenvalue weighted by Gasteiger charge is -2.16.